The van der Waals surface area contributed by atoms with E-state index in [1.807, 2.05) is 54.6 Å². The van der Waals surface area contributed by atoms with E-state index in [-0.39, 0.29) is 0 Å². The molecule has 27 heavy (non-hydrogen) atoms. The molecule has 0 heterocycles. The van der Waals surface area contributed by atoms with Crippen LogP contribution in [0.15, 0.2) is 63.5 Å². The van der Waals surface area contributed by atoms with E-state index in [0.29, 0.717) is 17.2 Å². The monoisotopic (exact) mass is 491 g/mol. The maximum Gasteiger partial charge on any atom is 0.134 e. The van der Waals surface area contributed by atoms with Crippen LogP contribution in [0.3, 0.4) is 0 Å². The van der Waals surface area contributed by atoms with Gasteiger partial charge in [0.1, 0.15) is 17.2 Å². The van der Waals surface area contributed by atoms with Crippen LogP contribution in [0.5, 0.6) is 17.2 Å². The third-order valence-electron chi connectivity index (χ3n) is 4.09. The average molecular weight is 493 g/mol. The molecule has 0 aromatic heterocycles. The molecule has 3 rings (SSSR count). The number of halogens is 2. The molecule has 0 saturated heterocycles. The van der Waals surface area contributed by atoms with Crippen molar-refractivity contribution in [3.8, 4) is 28.4 Å². The van der Waals surface area contributed by atoms with Crippen molar-refractivity contribution in [1.82, 2.24) is 0 Å². The second-order valence-electron chi connectivity index (χ2n) is 5.73. The summed E-state index contributed by atoms with van der Waals surface area (Å²) in [6.07, 6.45) is 0. The highest BCUT2D eigenvalue weighted by Gasteiger charge is 2.19. The van der Waals surface area contributed by atoms with Gasteiger partial charge in [-0.3, -0.25) is 0 Å². The Morgan fingerprint density at radius 3 is 1.85 bits per heavy atom. The zero-order valence-electron chi connectivity index (χ0n) is 15.2. The standard InChI is InChI=1S/C21H19Br2NO3/c1-25-16-11-19(26-2)21(20(12-16)27-3)17-10-14(23)6-9-18(17)24-15-7-4-13(22)5-8-15/h4-12,24H,1-3H3. The number of anilines is 2. The summed E-state index contributed by atoms with van der Waals surface area (Å²) >= 11 is 7.03. The third-order valence-corrected chi connectivity index (χ3v) is 5.11. The van der Waals surface area contributed by atoms with Crippen LogP contribution in [-0.4, -0.2) is 21.3 Å². The molecule has 140 valence electrons. The SMILES string of the molecule is COc1cc(OC)c(-c2cc(Br)ccc2Nc2ccc(Br)cc2)c(OC)c1. The van der Waals surface area contributed by atoms with Gasteiger partial charge in [-0.1, -0.05) is 31.9 Å². The fourth-order valence-corrected chi connectivity index (χ4v) is 3.42. The topological polar surface area (TPSA) is 39.7 Å². The van der Waals surface area contributed by atoms with E-state index in [2.05, 4.69) is 37.2 Å². The minimum atomic E-state index is 0.670. The van der Waals surface area contributed by atoms with E-state index in [1.165, 1.54) is 0 Å². The lowest BCUT2D eigenvalue weighted by molar-refractivity contribution is 0.377. The number of hydrogen-bond acceptors (Lipinski definition) is 4. The highest BCUT2D eigenvalue weighted by atomic mass is 79.9. The van der Waals surface area contributed by atoms with Crippen molar-refractivity contribution in [2.24, 2.45) is 0 Å². The maximum absolute atomic E-state index is 5.64. The van der Waals surface area contributed by atoms with Crippen molar-refractivity contribution in [3.63, 3.8) is 0 Å². The Morgan fingerprint density at radius 1 is 0.704 bits per heavy atom. The summed E-state index contributed by atoms with van der Waals surface area (Å²) in [4.78, 5) is 0. The minimum Gasteiger partial charge on any atom is -0.496 e. The largest absolute Gasteiger partial charge is 0.496 e. The van der Waals surface area contributed by atoms with Gasteiger partial charge in [0.25, 0.3) is 0 Å². The van der Waals surface area contributed by atoms with Gasteiger partial charge in [0.15, 0.2) is 0 Å². The van der Waals surface area contributed by atoms with Crippen LogP contribution in [0.1, 0.15) is 0 Å². The summed E-state index contributed by atoms with van der Waals surface area (Å²) in [5, 5.41) is 3.47. The molecule has 3 aromatic rings. The normalized spacial score (nSPS) is 10.4. The molecule has 6 heteroatoms. The van der Waals surface area contributed by atoms with E-state index in [1.54, 1.807) is 21.3 Å². The first-order valence-electron chi connectivity index (χ1n) is 8.18. The second-order valence-corrected chi connectivity index (χ2v) is 7.56. The van der Waals surface area contributed by atoms with Crippen molar-refractivity contribution in [3.05, 3.63) is 63.5 Å². The quantitative estimate of drug-likeness (QED) is 0.418. The Balaban J connectivity index is 2.16. The third kappa shape index (κ3) is 4.39. The Kier molecular flexibility index (Phi) is 6.29. The van der Waals surface area contributed by atoms with Gasteiger partial charge in [-0.25, -0.2) is 0 Å². The molecule has 0 amide bonds. The Labute approximate surface area is 175 Å². The summed E-state index contributed by atoms with van der Waals surface area (Å²) in [5.74, 6) is 2.01. The van der Waals surface area contributed by atoms with Crippen LogP contribution in [-0.2, 0) is 0 Å². The number of nitrogens with one attached hydrogen (secondary N) is 1. The maximum atomic E-state index is 5.64. The molecule has 0 unspecified atom stereocenters. The lowest BCUT2D eigenvalue weighted by atomic mass is 10.0. The summed E-state index contributed by atoms with van der Waals surface area (Å²) in [6, 6.07) is 17.8. The molecule has 0 aliphatic rings. The average Bonchev–Trinajstić information content (AvgIpc) is 2.69. The summed E-state index contributed by atoms with van der Waals surface area (Å²) in [5.41, 5.74) is 3.71. The highest BCUT2D eigenvalue weighted by molar-refractivity contribution is 9.10. The molecule has 0 saturated carbocycles. The van der Waals surface area contributed by atoms with Crippen molar-refractivity contribution >= 4 is 43.2 Å². The van der Waals surface area contributed by atoms with Crippen LogP contribution >= 0.6 is 31.9 Å². The van der Waals surface area contributed by atoms with Gasteiger partial charge in [-0.05, 0) is 42.5 Å². The van der Waals surface area contributed by atoms with Gasteiger partial charge in [0.05, 0.1) is 26.9 Å². The van der Waals surface area contributed by atoms with Gasteiger partial charge < -0.3 is 19.5 Å². The number of ether oxygens (including phenoxy) is 3. The first-order valence-corrected chi connectivity index (χ1v) is 9.77. The predicted octanol–water partition coefficient (Wildman–Crippen LogP) is 6.65. The first kappa shape index (κ1) is 19.6. The van der Waals surface area contributed by atoms with E-state index in [9.17, 15) is 0 Å². The van der Waals surface area contributed by atoms with Crippen molar-refractivity contribution < 1.29 is 14.2 Å². The first-order chi connectivity index (χ1) is 13.0. The molecule has 0 atom stereocenters. The zero-order valence-corrected chi connectivity index (χ0v) is 18.3. The fourth-order valence-electron chi connectivity index (χ4n) is 2.79. The van der Waals surface area contributed by atoms with Crippen LogP contribution in [0.25, 0.3) is 11.1 Å². The molecular weight excluding hydrogens is 474 g/mol. The Bertz CT molecular complexity index is 918. The lowest BCUT2D eigenvalue weighted by Gasteiger charge is -2.19. The summed E-state index contributed by atoms with van der Waals surface area (Å²) in [6.45, 7) is 0. The van der Waals surface area contributed by atoms with Crippen LogP contribution < -0.4 is 19.5 Å². The van der Waals surface area contributed by atoms with E-state index in [4.69, 9.17) is 14.2 Å². The summed E-state index contributed by atoms with van der Waals surface area (Å²) in [7, 11) is 4.89. The van der Waals surface area contributed by atoms with Gasteiger partial charge in [0.2, 0.25) is 0 Å². The Hall–Kier alpha value is -2.18. The zero-order chi connectivity index (χ0) is 19.4. The van der Waals surface area contributed by atoms with Crippen molar-refractivity contribution in [2.75, 3.05) is 26.6 Å². The predicted molar refractivity (Wildman–Crippen MR) is 117 cm³/mol. The molecule has 0 fully saturated rings. The second kappa shape index (κ2) is 8.67. The molecule has 3 aromatic carbocycles. The molecule has 0 spiro atoms. The molecule has 4 nitrogen and oxygen atoms in total. The number of benzene rings is 3. The smallest absolute Gasteiger partial charge is 0.134 e. The molecule has 0 aliphatic carbocycles. The molecular formula is C21H19Br2NO3. The molecule has 1 N–H and O–H groups in total. The number of hydrogen-bond donors (Lipinski definition) is 1. The van der Waals surface area contributed by atoms with Crippen molar-refractivity contribution in [1.29, 1.82) is 0 Å². The van der Waals surface area contributed by atoms with Gasteiger partial charge >= 0.3 is 0 Å². The summed E-state index contributed by atoms with van der Waals surface area (Å²) < 4.78 is 18.6. The highest BCUT2D eigenvalue weighted by Crippen LogP contribution is 2.45. The van der Waals surface area contributed by atoms with E-state index in [0.717, 1.165) is 31.4 Å². The van der Waals surface area contributed by atoms with Crippen LogP contribution in [0.4, 0.5) is 11.4 Å². The minimum absolute atomic E-state index is 0.670. The number of rotatable bonds is 6. The van der Waals surface area contributed by atoms with Gasteiger partial charge in [0, 0.05) is 38.0 Å². The van der Waals surface area contributed by atoms with Crippen molar-refractivity contribution in [2.45, 2.75) is 0 Å². The van der Waals surface area contributed by atoms with Gasteiger partial charge in [-0.15, -0.1) is 0 Å². The van der Waals surface area contributed by atoms with E-state index < -0.39 is 0 Å². The lowest BCUT2D eigenvalue weighted by Crippen LogP contribution is -1.99. The Morgan fingerprint density at radius 2 is 1.30 bits per heavy atom. The van der Waals surface area contributed by atoms with Gasteiger partial charge in [-0.2, -0.15) is 0 Å². The molecule has 0 radical (unpaired) electrons. The fraction of sp³-hybridized carbons (Fsp3) is 0.143. The van der Waals surface area contributed by atoms with E-state index >= 15 is 0 Å². The molecule has 0 aliphatic heterocycles. The van der Waals surface area contributed by atoms with Crippen LogP contribution in [0, 0.1) is 0 Å². The molecule has 0 bridgehead atoms. The van der Waals surface area contributed by atoms with Crippen LogP contribution in [0.2, 0.25) is 0 Å². The number of methoxy groups -OCH3 is 3.